The van der Waals surface area contributed by atoms with Gasteiger partial charge in [-0.1, -0.05) is 0 Å². The smallest absolute Gasteiger partial charge is 0.430 e. The molecule has 194 valence electrons. The molecule has 1 fully saturated rings. The number of halogens is 3. The molecule has 0 bridgehead atoms. The molecule has 13 heteroatoms. The molecule has 0 saturated heterocycles. The Balaban J connectivity index is 0.00000126. The van der Waals surface area contributed by atoms with Gasteiger partial charge in [-0.3, -0.25) is 4.79 Å². The van der Waals surface area contributed by atoms with E-state index < -0.39 is 12.1 Å². The van der Waals surface area contributed by atoms with Gasteiger partial charge in [0.15, 0.2) is 0 Å². The molecular weight excluding hydrogens is 449 g/mol. The first-order valence-electron chi connectivity index (χ1n) is 10.7. The minimum atomic E-state index is -5.19. The van der Waals surface area contributed by atoms with E-state index >= 15 is 0 Å². The first kappa shape index (κ1) is 30.7. The van der Waals surface area contributed by atoms with E-state index in [4.69, 9.17) is 19.5 Å². The van der Waals surface area contributed by atoms with Crippen LogP contribution in [-0.4, -0.2) is 85.1 Å². The molecule has 0 radical (unpaired) electrons. The summed E-state index contributed by atoms with van der Waals surface area (Å²) in [7, 11) is 6.20. The topological polar surface area (TPSA) is 117 Å². The Morgan fingerprint density at radius 1 is 1.12 bits per heavy atom. The minimum absolute atomic E-state index is 0.0765. The maximum absolute atomic E-state index is 12.1. The van der Waals surface area contributed by atoms with E-state index in [9.17, 15) is 23.2 Å². The van der Waals surface area contributed by atoms with Crippen LogP contribution in [0.15, 0.2) is 5.28 Å². The molecule has 0 aliphatic heterocycles. The maximum atomic E-state index is 12.1. The van der Waals surface area contributed by atoms with Crippen molar-refractivity contribution < 1.29 is 46.9 Å². The van der Waals surface area contributed by atoms with E-state index in [1.165, 1.54) is 0 Å². The Hall–Kier alpha value is -2.31. The Morgan fingerprint density at radius 2 is 1.61 bits per heavy atom. The number of aliphatic carboxylic acids is 1. The van der Waals surface area contributed by atoms with Crippen molar-refractivity contribution in [1.82, 2.24) is 5.01 Å². The van der Waals surface area contributed by atoms with Gasteiger partial charge in [-0.15, -0.1) is 5.01 Å². The molecule has 0 aromatic carbocycles. The zero-order chi connectivity index (χ0) is 26.0. The number of carbonyl (C=O) groups excluding carboxylic acids is 2. The molecule has 0 N–H and O–H groups in total. The summed E-state index contributed by atoms with van der Waals surface area (Å²) in [6.45, 7) is 9.54. The second-order valence-electron chi connectivity index (χ2n) is 9.77. The standard InChI is InChI=1S/C18H37N4O4.C2HF3O2/c1-8-20(18(2,3)4)21(24)19-26-16-11-9-15(10-12-16)17(23)25-14-13-22(5,6)7;3-2(4,5)1(6)7/h15-16H,8-14H2,1-7H3;(H,6,7)/q+1;/p-1/b21-19+;. The molecule has 0 unspecified atom stereocenters. The Morgan fingerprint density at radius 3 is 1.97 bits per heavy atom. The first-order chi connectivity index (χ1) is 14.9. The Labute approximate surface area is 193 Å². The fourth-order valence-electron chi connectivity index (χ4n) is 2.94. The second-order valence-corrected chi connectivity index (χ2v) is 9.77. The van der Waals surface area contributed by atoms with Crippen LogP contribution in [0.1, 0.15) is 53.4 Å². The van der Waals surface area contributed by atoms with Gasteiger partial charge < -0.3 is 29.2 Å². The van der Waals surface area contributed by atoms with Crippen molar-refractivity contribution >= 4 is 11.9 Å². The fourth-order valence-corrected chi connectivity index (χ4v) is 2.94. The summed E-state index contributed by atoms with van der Waals surface area (Å²) in [5.41, 5.74) is -0.323. The number of quaternary nitrogens is 1. The van der Waals surface area contributed by atoms with Crippen LogP contribution in [0.5, 0.6) is 0 Å². The Bertz CT molecular complexity index is 652. The monoisotopic (exact) mass is 486 g/mol. The molecular formula is C20H37F3N4O6. The average Bonchev–Trinajstić information content (AvgIpc) is 2.64. The predicted molar refractivity (Wildman–Crippen MR) is 110 cm³/mol. The van der Waals surface area contributed by atoms with Crippen LogP contribution in [0, 0.1) is 11.1 Å². The number of esters is 1. The number of carboxylic acid groups (broad SMARTS) is 1. The molecule has 1 aliphatic rings. The molecule has 0 aromatic heterocycles. The SMILES string of the molecule is CCN(/[N+]([O-])=N\OC1CCC(C(=O)OCC[N+](C)(C)C)CC1)C(C)(C)C.O=C([O-])C(F)(F)F. The van der Waals surface area contributed by atoms with Crippen molar-refractivity contribution in [1.29, 1.82) is 0 Å². The summed E-state index contributed by atoms with van der Waals surface area (Å²) >= 11 is 0. The third kappa shape index (κ3) is 13.1. The highest BCUT2D eigenvalue weighted by atomic mass is 19.4. The zero-order valence-corrected chi connectivity index (χ0v) is 20.5. The molecule has 10 nitrogen and oxygen atoms in total. The third-order valence-corrected chi connectivity index (χ3v) is 4.79. The molecule has 0 spiro atoms. The van der Waals surface area contributed by atoms with Crippen molar-refractivity contribution in [3.8, 4) is 0 Å². The van der Waals surface area contributed by atoms with Gasteiger partial charge in [-0.05, 0) is 53.4 Å². The Kier molecular flexibility index (Phi) is 11.9. The quantitative estimate of drug-likeness (QED) is 0.169. The fraction of sp³-hybridized carbons (Fsp3) is 0.900. The van der Waals surface area contributed by atoms with Crippen LogP contribution in [0.25, 0.3) is 0 Å². The number of ether oxygens (including phenoxy) is 1. The molecule has 0 amide bonds. The summed E-state index contributed by atoms with van der Waals surface area (Å²) in [6.07, 6.45) is -2.50. The van der Waals surface area contributed by atoms with Gasteiger partial charge in [0, 0.05) is 0 Å². The van der Waals surface area contributed by atoms with Gasteiger partial charge in [0.2, 0.25) is 5.28 Å². The van der Waals surface area contributed by atoms with Crippen LogP contribution in [-0.2, 0) is 19.2 Å². The lowest BCUT2D eigenvalue weighted by atomic mass is 9.87. The van der Waals surface area contributed by atoms with Crippen LogP contribution in [0.3, 0.4) is 0 Å². The van der Waals surface area contributed by atoms with E-state index in [0.29, 0.717) is 43.8 Å². The normalized spacial score (nSPS) is 19.8. The van der Waals surface area contributed by atoms with Crippen molar-refractivity contribution in [3.63, 3.8) is 0 Å². The van der Waals surface area contributed by atoms with E-state index in [1.807, 2.05) is 27.7 Å². The molecule has 1 rings (SSSR count). The van der Waals surface area contributed by atoms with Gasteiger partial charge >= 0.3 is 12.1 Å². The highest BCUT2D eigenvalue weighted by molar-refractivity contribution is 5.72. The van der Waals surface area contributed by atoms with E-state index in [-0.39, 0.29) is 23.5 Å². The number of alkyl halides is 3. The number of hydrogen-bond acceptors (Lipinski definition) is 7. The lowest BCUT2D eigenvalue weighted by molar-refractivity contribution is -0.870. The lowest BCUT2D eigenvalue weighted by Crippen LogP contribution is -2.45. The van der Waals surface area contributed by atoms with Gasteiger partial charge in [0.1, 0.15) is 25.2 Å². The third-order valence-electron chi connectivity index (χ3n) is 4.79. The van der Waals surface area contributed by atoms with Crippen LogP contribution < -0.4 is 5.11 Å². The number of likely N-dealkylation sites (N-methyl/N-ethyl adjacent to an activating group) is 1. The van der Waals surface area contributed by atoms with Gasteiger partial charge in [-0.2, -0.15) is 13.2 Å². The molecule has 0 heterocycles. The average molecular weight is 487 g/mol. The number of hydrazine groups is 1. The predicted octanol–water partition coefficient (Wildman–Crippen LogP) is 2.02. The summed E-state index contributed by atoms with van der Waals surface area (Å²) in [5.74, 6) is -3.20. The summed E-state index contributed by atoms with van der Waals surface area (Å²) in [6, 6.07) is 0. The summed E-state index contributed by atoms with van der Waals surface area (Å²) < 4.78 is 37.7. The number of carbonyl (C=O) groups is 2. The van der Waals surface area contributed by atoms with Crippen LogP contribution in [0.4, 0.5) is 13.2 Å². The number of nitrogens with zero attached hydrogens (tertiary/aromatic N) is 4. The first-order valence-corrected chi connectivity index (χ1v) is 10.7. The molecule has 1 aliphatic carbocycles. The lowest BCUT2D eigenvalue weighted by Gasteiger charge is -2.30. The van der Waals surface area contributed by atoms with E-state index in [1.54, 1.807) is 5.01 Å². The molecule has 1 saturated carbocycles. The van der Waals surface area contributed by atoms with Gasteiger partial charge in [0.05, 0.1) is 44.1 Å². The van der Waals surface area contributed by atoms with Gasteiger partial charge in [0.25, 0.3) is 0 Å². The van der Waals surface area contributed by atoms with Crippen LogP contribution >= 0.6 is 0 Å². The zero-order valence-electron chi connectivity index (χ0n) is 20.5. The number of rotatable bonds is 8. The summed E-state index contributed by atoms with van der Waals surface area (Å²) in [5, 5.41) is 26.2. The molecule has 0 atom stereocenters. The van der Waals surface area contributed by atoms with Crippen molar-refractivity contribution in [3.05, 3.63) is 5.21 Å². The highest BCUT2D eigenvalue weighted by Crippen LogP contribution is 2.27. The van der Waals surface area contributed by atoms with E-state index in [2.05, 4.69) is 26.4 Å². The van der Waals surface area contributed by atoms with Gasteiger partial charge in [-0.25, -0.2) is 0 Å². The summed E-state index contributed by atoms with van der Waals surface area (Å²) in [4.78, 5) is 26.9. The van der Waals surface area contributed by atoms with Crippen molar-refractivity contribution in [2.75, 3.05) is 40.8 Å². The maximum Gasteiger partial charge on any atom is 0.430 e. The molecule has 0 aromatic rings. The number of carboxylic acids is 1. The van der Waals surface area contributed by atoms with Crippen LogP contribution in [0.2, 0.25) is 0 Å². The van der Waals surface area contributed by atoms with Crippen molar-refractivity contribution in [2.24, 2.45) is 11.2 Å². The largest absolute Gasteiger partial charge is 0.569 e. The van der Waals surface area contributed by atoms with Crippen molar-refractivity contribution in [2.45, 2.75) is 71.2 Å². The molecule has 33 heavy (non-hydrogen) atoms. The van der Waals surface area contributed by atoms with E-state index in [0.717, 1.165) is 11.0 Å². The minimum Gasteiger partial charge on any atom is -0.569 e. The second kappa shape index (κ2) is 12.8. The highest BCUT2D eigenvalue weighted by Gasteiger charge is 2.31. The number of hydrogen-bond donors (Lipinski definition) is 0.